The van der Waals surface area contributed by atoms with Gasteiger partial charge in [-0.05, 0) is 23.8 Å². The molecule has 1 heterocycles. The van der Waals surface area contributed by atoms with Gasteiger partial charge in [-0.3, -0.25) is 4.79 Å². The van der Waals surface area contributed by atoms with E-state index in [0.717, 1.165) is 6.54 Å². The topological polar surface area (TPSA) is 50.4 Å². The van der Waals surface area contributed by atoms with E-state index in [1.54, 1.807) is 25.3 Å². The van der Waals surface area contributed by atoms with E-state index in [1.165, 1.54) is 18.2 Å². The van der Waals surface area contributed by atoms with Crippen LogP contribution in [0.4, 0.5) is 4.39 Å². The number of carbonyl (C=O) groups is 1. The number of rotatable bonds is 4. The maximum Gasteiger partial charge on any atom is 0.244 e. The summed E-state index contributed by atoms with van der Waals surface area (Å²) in [5.74, 6) is -0.526. The second-order valence-corrected chi connectivity index (χ2v) is 4.44. The van der Waals surface area contributed by atoms with Crippen LogP contribution < -0.4 is 10.6 Å². The predicted molar refractivity (Wildman–Crippen MR) is 71.0 cm³/mol. The van der Waals surface area contributed by atoms with Crippen molar-refractivity contribution in [3.8, 4) is 0 Å². The fraction of sp³-hybridized carbons (Fsp3) is 0.357. The Morgan fingerprint density at radius 2 is 2.37 bits per heavy atom. The number of ether oxygens (including phenoxy) is 1. The molecule has 2 atom stereocenters. The lowest BCUT2D eigenvalue weighted by atomic mass is 10.2. The van der Waals surface area contributed by atoms with Crippen LogP contribution in [0.1, 0.15) is 5.56 Å². The normalized spacial score (nSPS) is 22.8. The molecule has 1 saturated heterocycles. The summed E-state index contributed by atoms with van der Waals surface area (Å²) in [5.41, 5.74) is 0.656. The molecule has 1 aromatic carbocycles. The summed E-state index contributed by atoms with van der Waals surface area (Å²) in [6, 6.07) is 6.05. The molecule has 102 valence electrons. The zero-order valence-corrected chi connectivity index (χ0v) is 10.7. The van der Waals surface area contributed by atoms with Crippen LogP contribution in [0.15, 0.2) is 30.3 Å². The van der Waals surface area contributed by atoms with Crippen molar-refractivity contribution in [3.05, 3.63) is 41.7 Å². The molecule has 1 unspecified atom stereocenters. The fourth-order valence-electron chi connectivity index (χ4n) is 2.06. The third-order valence-corrected chi connectivity index (χ3v) is 3.06. The number of hydrogen-bond donors (Lipinski definition) is 2. The first-order valence-corrected chi connectivity index (χ1v) is 6.16. The minimum Gasteiger partial charge on any atom is -0.378 e. The van der Waals surface area contributed by atoms with Gasteiger partial charge >= 0.3 is 0 Å². The second-order valence-electron chi connectivity index (χ2n) is 4.44. The molecule has 4 nitrogen and oxygen atoms in total. The van der Waals surface area contributed by atoms with Crippen molar-refractivity contribution in [2.24, 2.45) is 0 Å². The standard InChI is InChI=1S/C14H17FN2O2/c1-19-13-9-16-8-12(13)17-14(18)6-5-10-3-2-4-11(15)7-10/h2-7,12-13,16H,8-9H2,1H3,(H,17,18)/b6-5+/t12?,13-/m0/s1. The van der Waals surface area contributed by atoms with Crippen LogP contribution in [0, 0.1) is 5.82 Å². The molecule has 0 bridgehead atoms. The first-order chi connectivity index (χ1) is 9.19. The van der Waals surface area contributed by atoms with E-state index in [-0.39, 0.29) is 23.9 Å². The predicted octanol–water partition coefficient (Wildman–Crippen LogP) is 0.942. The van der Waals surface area contributed by atoms with Crippen molar-refractivity contribution in [1.82, 2.24) is 10.6 Å². The van der Waals surface area contributed by atoms with Crippen molar-refractivity contribution >= 4 is 12.0 Å². The van der Waals surface area contributed by atoms with Crippen molar-refractivity contribution in [3.63, 3.8) is 0 Å². The Hall–Kier alpha value is -1.72. The smallest absolute Gasteiger partial charge is 0.244 e. The van der Waals surface area contributed by atoms with Gasteiger partial charge in [0.05, 0.1) is 12.1 Å². The van der Waals surface area contributed by atoms with Crippen molar-refractivity contribution in [2.45, 2.75) is 12.1 Å². The van der Waals surface area contributed by atoms with E-state index in [2.05, 4.69) is 10.6 Å². The van der Waals surface area contributed by atoms with Crippen LogP contribution in [0.5, 0.6) is 0 Å². The Morgan fingerprint density at radius 1 is 1.53 bits per heavy atom. The molecule has 0 aromatic heterocycles. The van der Waals surface area contributed by atoms with Gasteiger partial charge in [0.15, 0.2) is 0 Å². The van der Waals surface area contributed by atoms with Gasteiger partial charge in [0.2, 0.25) is 5.91 Å². The van der Waals surface area contributed by atoms with Crippen molar-refractivity contribution < 1.29 is 13.9 Å². The van der Waals surface area contributed by atoms with Crippen LogP contribution in [0.3, 0.4) is 0 Å². The Labute approximate surface area is 111 Å². The van der Waals surface area contributed by atoms with Gasteiger partial charge in [0.1, 0.15) is 5.82 Å². The van der Waals surface area contributed by atoms with Crippen LogP contribution >= 0.6 is 0 Å². The summed E-state index contributed by atoms with van der Waals surface area (Å²) in [5, 5.41) is 6.00. The van der Waals surface area contributed by atoms with E-state index < -0.39 is 0 Å². The number of halogens is 1. The number of hydrogen-bond acceptors (Lipinski definition) is 3. The summed E-state index contributed by atoms with van der Waals surface area (Å²) < 4.78 is 18.2. The van der Waals surface area contributed by atoms with Crippen LogP contribution in [-0.4, -0.2) is 38.3 Å². The zero-order chi connectivity index (χ0) is 13.7. The third kappa shape index (κ3) is 3.87. The molecule has 0 spiro atoms. The first kappa shape index (κ1) is 13.7. The first-order valence-electron chi connectivity index (χ1n) is 6.16. The molecular formula is C14H17FN2O2. The summed E-state index contributed by atoms with van der Waals surface area (Å²) in [4.78, 5) is 11.7. The molecule has 5 heteroatoms. The van der Waals surface area contributed by atoms with E-state index in [4.69, 9.17) is 4.74 Å². The number of carbonyl (C=O) groups excluding carboxylic acids is 1. The Morgan fingerprint density at radius 3 is 3.11 bits per heavy atom. The molecule has 0 radical (unpaired) electrons. The van der Waals surface area contributed by atoms with E-state index >= 15 is 0 Å². The second kappa shape index (κ2) is 6.45. The van der Waals surface area contributed by atoms with Gasteiger partial charge in [0.25, 0.3) is 0 Å². The highest BCUT2D eigenvalue weighted by molar-refractivity contribution is 5.92. The maximum atomic E-state index is 13.0. The number of methoxy groups -OCH3 is 1. The Kier molecular flexibility index (Phi) is 4.65. The monoisotopic (exact) mass is 264 g/mol. The van der Waals surface area contributed by atoms with Crippen LogP contribution in [0.2, 0.25) is 0 Å². The fourth-order valence-corrected chi connectivity index (χ4v) is 2.06. The van der Waals surface area contributed by atoms with Crippen molar-refractivity contribution in [1.29, 1.82) is 0 Å². The lowest BCUT2D eigenvalue weighted by molar-refractivity contribution is -0.117. The highest BCUT2D eigenvalue weighted by Crippen LogP contribution is 2.06. The van der Waals surface area contributed by atoms with Crippen LogP contribution in [-0.2, 0) is 9.53 Å². The molecule has 1 amide bonds. The molecule has 1 aliphatic heterocycles. The zero-order valence-electron chi connectivity index (χ0n) is 10.7. The van der Waals surface area contributed by atoms with Gasteiger partial charge in [0, 0.05) is 26.3 Å². The van der Waals surface area contributed by atoms with E-state index in [0.29, 0.717) is 12.1 Å². The Balaban J connectivity index is 1.90. The quantitative estimate of drug-likeness (QED) is 0.796. The summed E-state index contributed by atoms with van der Waals surface area (Å²) in [6.45, 7) is 1.42. The molecule has 0 saturated carbocycles. The molecule has 2 N–H and O–H groups in total. The van der Waals surface area contributed by atoms with E-state index in [1.807, 2.05) is 0 Å². The summed E-state index contributed by atoms with van der Waals surface area (Å²) in [7, 11) is 1.62. The lowest BCUT2D eigenvalue weighted by Gasteiger charge is -2.17. The minimum atomic E-state index is -0.318. The molecule has 19 heavy (non-hydrogen) atoms. The van der Waals surface area contributed by atoms with Gasteiger partial charge in [-0.2, -0.15) is 0 Å². The Bertz CT molecular complexity index is 476. The van der Waals surface area contributed by atoms with E-state index in [9.17, 15) is 9.18 Å². The highest BCUT2D eigenvalue weighted by atomic mass is 19.1. The average molecular weight is 264 g/mol. The molecular weight excluding hydrogens is 247 g/mol. The molecule has 1 aromatic rings. The molecule has 0 aliphatic carbocycles. The van der Waals surface area contributed by atoms with Crippen LogP contribution in [0.25, 0.3) is 6.08 Å². The summed E-state index contributed by atoms with van der Waals surface area (Å²) >= 11 is 0. The lowest BCUT2D eigenvalue weighted by Crippen LogP contribution is -2.42. The third-order valence-electron chi connectivity index (χ3n) is 3.06. The number of nitrogens with one attached hydrogen (secondary N) is 2. The maximum absolute atomic E-state index is 13.0. The average Bonchev–Trinajstić information content (AvgIpc) is 2.84. The largest absolute Gasteiger partial charge is 0.378 e. The molecule has 1 fully saturated rings. The number of benzene rings is 1. The minimum absolute atomic E-state index is 0.00785. The van der Waals surface area contributed by atoms with Gasteiger partial charge in [-0.25, -0.2) is 4.39 Å². The highest BCUT2D eigenvalue weighted by Gasteiger charge is 2.27. The van der Waals surface area contributed by atoms with Gasteiger partial charge in [-0.15, -0.1) is 0 Å². The molecule has 2 rings (SSSR count). The SMILES string of the molecule is CO[C@H]1CNCC1NC(=O)/C=C/c1cccc(F)c1. The number of amides is 1. The van der Waals surface area contributed by atoms with Gasteiger partial charge < -0.3 is 15.4 Å². The summed E-state index contributed by atoms with van der Waals surface area (Å²) in [6.07, 6.45) is 2.98. The molecule has 1 aliphatic rings. The van der Waals surface area contributed by atoms with Gasteiger partial charge in [-0.1, -0.05) is 12.1 Å². The van der Waals surface area contributed by atoms with Crippen molar-refractivity contribution in [2.75, 3.05) is 20.2 Å².